The van der Waals surface area contributed by atoms with Crippen molar-refractivity contribution < 1.29 is 9.21 Å². The summed E-state index contributed by atoms with van der Waals surface area (Å²) in [5.41, 5.74) is 1.75. The number of carbonyl (C=O) groups is 1. The first-order valence-electron chi connectivity index (χ1n) is 6.21. The van der Waals surface area contributed by atoms with Gasteiger partial charge in [0.1, 0.15) is 5.76 Å². The quantitative estimate of drug-likeness (QED) is 0.753. The molecule has 0 aliphatic heterocycles. The lowest BCUT2D eigenvalue weighted by Crippen LogP contribution is -2.25. The maximum atomic E-state index is 11.1. The fourth-order valence-electron chi connectivity index (χ4n) is 2.22. The molecule has 92 valence electrons. The van der Waals surface area contributed by atoms with Gasteiger partial charge in [-0.1, -0.05) is 12.1 Å². The summed E-state index contributed by atoms with van der Waals surface area (Å²) >= 11 is 0. The number of aldehydes is 1. The number of carbonyl (C=O) groups excluding carboxylic acids is 1. The Hall–Kier alpha value is -2.03. The molecule has 0 unspecified atom stereocenters. The first kappa shape index (κ1) is 11.1. The molecule has 1 fully saturated rings. The van der Waals surface area contributed by atoms with Crippen LogP contribution in [0.25, 0.3) is 0 Å². The molecular weight excluding hydrogens is 226 g/mol. The van der Waals surface area contributed by atoms with Crippen LogP contribution in [-0.2, 0) is 6.54 Å². The number of anilines is 1. The number of para-hydroxylation sites is 1. The molecule has 0 atom stereocenters. The Labute approximate surface area is 106 Å². The van der Waals surface area contributed by atoms with Gasteiger partial charge in [0.15, 0.2) is 6.29 Å². The Morgan fingerprint density at radius 2 is 2.06 bits per heavy atom. The van der Waals surface area contributed by atoms with Crippen LogP contribution in [0.2, 0.25) is 0 Å². The van der Waals surface area contributed by atoms with E-state index in [2.05, 4.69) is 4.90 Å². The maximum Gasteiger partial charge on any atom is 0.152 e. The second-order valence-corrected chi connectivity index (χ2v) is 4.62. The number of rotatable bonds is 5. The lowest BCUT2D eigenvalue weighted by Gasteiger charge is -2.24. The molecule has 1 aromatic heterocycles. The van der Waals surface area contributed by atoms with Crippen LogP contribution < -0.4 is 4.90 Å². The van der Waals surface area contributed by atoms with Gasteiger partial charge in [-0.3, -0.25) is 4.79 Å². The van der Waals surface area contributed by atoms with Crippen molar-refractivity contribution >= 4 is 12.0 Å². The minimum absolute atomic E-state index is 0.538. The van der Waals surface area contributed by atoms with Crippen molar-refractivity contribution in [1.82, 2.24) is 0 Å². The van der Waals surface area contributed by atoms with Crippen molar-refractivity contribution in [3.05, 3.63) is 54.0 Å². The van der Waals surface area contributed by atoms with Gasteiger partial charge >= 0.3 is 0 Å². The maximum absolute atomic E-state index is 11.1. The third-order valence-corrected chi connectivity index (χ3v) is 3.27. The Balaban J connectivity index is 1.91. The van der Waals surface area contributed by atoms with Crippen LogP contribution in [0.3, 0.4) is 0 Å². The molecule has 1 aliphatic rings. The van der Waals surface area contributed by atoms with E-state index in [9.17, 15) is 4.79 Å². The zero-order valence-electron chi connectivity index (χ0n) is 10.1. The van der Waals surface area contributed by atoms with Crippen molar-refractivity contribution in [3.63, 3.8) is 0 Å². The van der Waals surface area contributed by atoms with Crippen molar-refractivity contribution in [2.45, 2.75) is 25.4 Å². The van der Waals surface area contributed by atoms with Gasteiger partial charge in [0.05, 0.1) is 12.8 Å². The van der Waals surface area contributed by atoms with Crippen LogP contribution >= 0.6 is 0 Å². The predicted molar refractivity (Wildman–Crippen MR) is 69.7 cm³/mol. The third kappa shape index (κ3) is 2.16. The Bertz CT molecular complexity index is 529. The lowest BCUT2D eigenvalue weighted by atomic mass is 10.1. The second kappa shape index (κ2) is 4.69. The molecule has 1 aromatic carbocycles. The Morgan fingerprint density at radius 3 is 2.72 bits per heavy atom. The van der Waals surface area contributed by atoms with E-state index in [0.717, 1.165) is 29.8 Å². The van der Waals surface area contributed by atoms with E-state index in [1.54, 1.807) is 6.26 Å². The third-order valence-electron chi connectivity index (χ3n) is 3.27. The van der Waals surface area contributed by atoms with E-state index >= 15 is 0 Å². The molecule has 0 spiro atoms. The van der Waals surface area contributed by atoms with Gasteiger partial charge in [0.25, 0.3) is 0 Å². The van der Waals surface area contributed by atoms with Gasteiger partial charge in [-0.05, 0) is 37.1 Å². The summed E-state index contributed by atoms with van der Waals surface area (Å²) < 4.78 is 5.41. The summed E-state index contributed by atoms with van der Waals surface area (Å²) in [5.74, 6) is 0.933. The molecule has 3 heteroatoms. The molecule has 3 nitrogen and oxygen atoms in total. The fraction of sp³-hybridized carbons (Fsp3) is 0.267. The first-order chi connectivity index (χ1) is 8.88. The smallest absolute Gasteiger partial charge is 0.152 e. The summed E-state index contributed by atoms with van der Waals surface area (Å²) in [6, 6.07) is 12.1. The van der Waals surface area contributed by atoms with E-state index in [1.807, 2.05) is 36.4 Å². The summed E-state index contributed by atoms with van der Waals surface area (Å²) in [6.45, 7) is 0.725. The molecule has 18 heavy (non-hydrogen) atoms. The van der Waals surface area contributed by atoms with Gasteiger partial charge in [-0.25, -0.2) is 0 Å². The fourth-order valence-corrected chi connectivity index (χ4v) is 2.22. The van der Waals surface area contributed by atoms with Crippen LogP contribution in [0.4, 0.5) is 5.69 Å². The van der Waals surface area contributed by atoms with Crippen molar-refractivity contribution in [1.29, 1.82) is 0 Å². The molecule has 1 aliphatic carbocycles. The average Bonchev–Trinajstić information content (AvgIpc) is 3.13. The minimum Gasteiger partial charge on any atom is -0.467 e. The van der Waals surface area contributed by atoms with E-state index in [0.29, 0.717) is 6.04 Å². The first-order valence-corrected chi connectivity index (χ1v) is 6.21. The Morgan fingerprint density at radius 1 is 1.22 bits per heavy atom. The molecular formula is C15H15NO2. The van der Waals surface area contributed by atoms with Crippen molar-refractivity contribution in [2.24, 2.45) is 0 Å². The highest BCUT2D eigenvalue weighted by Gasteiger charge is 2.30. The standard InChI is InChI=1S/C15H15NO2/c17-11-12-4-1-2-6-15(12)16(13-7-8-13)10-14-5-3-9-18-14/h1-6,9,11,13H,7-8,10H2. The van der Waals surface area contributed by atoms with Crippen LogP contribution in [0, 0.1) is 0 Å². The molecule has 0 saturated heterocycles. The van der Waals surface area contributed by atoms with Crippen LogP contribution in [-0.4, -0.2) is 12.3 Å². The van der Waals surface area contributed by atoms with Crippen molar-refractivity contribution in [3.8, 4) is 0 Å². The summed E-state index contributed by atoms with van der Waals surface area (Å²) in [5, 5.41) is 0. The molecule has 0 bridgehead atoms. The lowest BCUT2D eigenvalue weighted by molar-refractivity contribution is 0.112. The van der Waals surface area contributed by atoms with Gasteiger partial charge < -0.3 is 9.32 Å². The average molecular weight is 241 g/mol. The topological polar surface area (TPSA) is 33.5 Å². The van der Waals surface area contributed by atoms with E-state index < -0.39 is 0 Å². The number of hydrogen-bond donors (Lipinski definition) is 0. The molecule has 1 heterocycles. The highest BCUT2D eigenvalue weighted by molar-refractivity contribution is 5.84. The van der Waals surface area contributed by atoms with E-state index in [4.69, 9.17) is 4.42 Å². The van der Waals surface area contributed by atoms with E-state index in [-0.39, 0.29) is 0 Å². The van der Waals surface area contributed by atoms with Crippen molar-refractivity contribution in [2.75, 3.05) is 4.90 Å². The zero-order valence-corrected chi connectivity index (χ0v) is 10.1. The number of benzene rings is 1. The van der Waals surface area contributed by atoms with Crippen LogP contribution in [0.15, 0.2) is 47.1 Å². The molecule has 0 amide bonds. The Kier molecular flexibility index (Phi) is 2.89. The van der Waals surface area contributed by atoms with Crippen LogP contribution in [0.1, 0.15) is 29.0 Å². The number of hydrogen-bond acceptors (Lipinski definition) is 3. The number of nitrogens with zero attached hydrogens (tertiary/aromatic N) is 1. The zero-order chi connectivity index (χ0) is 12.4. The molecule has 0 N–H and O–H groups in total. The molecule has 3 rings (SSSR count). The second-order valence-electron chi connectivity index (χ2n) is 4.62. The van der Waals surface area contributed by atoms with Gasteiger partial charge in [-0.2, -0.15) is 0 Å². The van der Waals surface area contributed by atoms with Gasteiger partial charge in [-0.15, -0.1) is 0 Å². The SMILES string of the molecule is O=Cc1ccccc1N(Cc1ccco1)C1CC1. The molecule has 2 aromatic rings. The molecule has 1 saturated carbocycles. The molecule has 0 radical (unpaired) electrons. The summed E-state index contributed by atoms with van der Waals surface area (Å²) in [7, 11) is 0. The predicted octanol–water partition coefficient (Wildman–Crippen LogP) is 3.26. The van der Waals surface area contributed by atoms with Gasteiger partial charge in [0, 0.05) is 17.3 Å². The highest BCUT2D eigenvalue weighted by Crippen LogP contribution is 2.34. The largest absolute Gasteiger partial charge is 0.467 e. The monoisotopic (exact) mass is 241 g/mol. The summed E-state index contributed by atoms with van der Waals surface area (Å²) in [4.78, 5) is 13.4. The normalized spacial score (nSPS) is 14.4. The number of furan rings is 1. The van der Waals surface area contributed by atoms with E-state index in [1.165, 1.54) is 12.8 Å². The van der Waals surface area contributed by atoms with Gasteiger partial charge in [0.2, 0.25) is 0 Å². The summed E-state index contributed by atoms with van der Waals surface area (Å²) in [6.07, 6.45) is 4.99. The highest BCUT2D eigenvalue weighted by atomic mass is 16.3. The van der Waals surface area contributed by atoms with Crippen LogP contribution in [0.5, 0.6) is 0 Å². The minimum atomic E-state index is 0.538.